The smallest absolute Gasteiger partial charge is 0.274 e. The van der Waals surface area contributed by atoms with Gasteiger partial charge in [0, 0.05) is 23.6 Å². The Balaban J connectivity index is 1.76. The Morgan fingerprint density at radius 2 is 1.75 bits per heavy atom. The first-order chi connectivity index (χ1) is 13.4. The first-order valence-electron chi connectivity index (χ1n) is 8.67. The molecule has 0 aliphatic carbocycles. The summed E-state index contributed by atoms with van der Waals surface area (Å²) >= 11 is 0. The van der Waals surface area contributed by atoms with Gasteiger partial charge >= 0.3 is 0 Å². The van der Waals surface area contributed by atoms with Gasteiger partial charge in [0.25, 0.3) is 5.91 Å². The maximum atomic E-state index is 13.4. The molecule has 5 nitrogen and oxygen atoms in total. The van der Waals surface area contributed by atoms with Crippen LogP contribution in [0.3, 0.4) is 0 Å². The monoisotopic (exact) mass is 383 g/mol. The molecular formula is C21H19F2N3O2. The van der Waals surface area contributed by atoms with Crippen LogP contribution in [0.1, 0.15) is 24.3 Å². The van der Waals surface area contributed by atoms with Gasteiger partial charge in [-0.05, 0) is 50.2 Å². The van der Waals surface area contributed by atoms with E-state index in [1.807, 2.05) is 19.9 Å². The highest BCUT2D eigenvalue weighted by atomic mass is 19.2. The fourth-order valence-corrected chi connectivity index (χ4v) is 2.49. The van der Waals surface area contributed by atoms with Crippen molar-refractivity contribution in [1.29, 1.82) is 0 Å². The lowest BCUT2D eigenvalue weighted by molar-refractivity contribution is 0.102. The fourth-order valence-electron chi connectivity index (χ4n) is 2.49. The second-order valence-electron chi connectivity index (χ2n) is 6.30. The van der Waals surface area contributed by atoms with Gasteiger partial charge in [0.15, 0.2) is 11.6 Å². The molecule has 1 aromatic heterocycles. The first-order valence-corrected chi connectivity index (χ1v) is 8.67. The normalized spacial score (nSPS) is 10.6. The van der Waals surface area contributed by atoms with Crippen LogP contribution in [-0.4, -0.2) is 17.0 Å². The minimum Gasteiger partial charge on any atom is -0.489 e. The molecule has 1 amide bonds. The van der Waals surface area contributed by atoms with Crippen molar-refractivity contribution in [2.24, 2.45) is 0 Å². The molecule has 7 heteroatoms. The Morgan fingerprint density at radius 1 is 1.00 bits per heavy atom. The van der Waals surface area contributed by atoms with Crippen molar-refractivity contribution in [1.82, 2.24) is 4.98 Å². The van der Waals surface area contributed by atoms with E-state index in [1.165, 1.54) is 18.3 Å². The minimum atomic E-state index is -0.959. The molecule has 0 aliphatic rings. The van der Waals surface area contributed by atoms with Gasteiger partial charge in [0.05, 0.1) is 11.8 Å². The van der Waals surface area contributed by atoms with E-state index in [-0.39, 0.29) is 11.8 Å². The average Bonchev–Trinajstić information content (AvgIpc) is 2.66. The number of anilines is 3. The summed E-state index contributed by atoms with van der Waals surface area (Å²) in [6, 6.07) is 13.7. The SMILES string of the molecule is CC(C)Oc1ccccc1NC(=O)c1cc(Nc2ccc(F)c(F)c2)ccn1. The number of pyridine rings is 1. The summed E-state index contributed by atoms with van der Waals surface area (Å²) in [6.45, 7) is 3.79. The van der Waals surface area contributed by atoms with E-state index in [9.17, 15) is 13.6 Å². The number of hydrogen-bond acceptors (Lipinski definition) is 4. The molecule has 0 saturated heterocycles. The largest absolute Gasteiger partial charge is 0.489 e. The molecule has 3 rings (SSSR count). The van der Waals surface area contributed by atoms with E-state index >= 15 is 0 Å². The third kappa shape index (κ3) is 4.82. The molecule has 0 spiro atoms. The zero-order valence-electron chi connectivity index (χ0n) is 15.4. The predicted octanol–water partition coefficient (Wildman–Crippen LogP) is 5.14. The second kappa shape index (κ2) is 8.47. The van der Waals surface area contributed by atoms with Gasteiger partial charge < -0.3 is 15.4 Å². The van der Waals surface area contributed by atoms with Crippen LogP contribution in [-0.2, 0) is 0 Å². The summed E-state index contributed by atoms with van der Waals surface area (Å²) in [5, 5.41) is 5.69. The van der Waals surface area contributed by atoms with Crippen LogP contribution < -0.4 is 15.4 Å². The highest BCUT2D eigenvalue weighted by Gasteiger charge is 2.13. The third-order valence-electron chi connectivity index (χ3n) is 3.70. The number of carbonyl (C=O) groups excluding carboxylic acids is 1. The first kappa shape index (κ1) is 19.3. The molecule has 2 N–H and O–H groups in total. The van der Waals surface area contributed by atoms with E-state index in [0.29, 0.717) is 22.8 Å². The van der Waals surface area contributed by atoms with Crippen molar-refractivity contribution in [2.45, 2.75) is 20.0 Å². The molecular weight excluding hydrogens is 364 g/mol. The number of ether oxygens (including phenoxy) is 1. The lowest BCUT2D eigenvalue weighted by Crippen LogP contribution is -2.15. The topological polar surface area (TPSA) is 63.2 Å². The lowest BCUT2D eigenvalue weighted by atomic mass is 10.2. The molecule has 0 radical (unpaired) electrons. The van der Waals surface area contributed by atoms with Gasteiger partial charge in [-0.2, -0.15) is 0 Å². The van der Waals surface area contributed by atoms with Gasteiger partial charge in [-0.3, -0.25) is 9.78 Å². The summed E-state index contributed by atoms with van der Waals surface area (Å²) in [6.07, 6.45) is 1.41. The fraction of sp³-hybridized carbons (Fsp3) is 0.143. The molecule has 28 heavy (non-hydrogen) atoms. The molecule has 144 valence electrons. The van der Waals surface area contributed by atoms with Crippen LogP contribution in [0, 0.1) is 11.6 Å². The summed E-state index contributed by atoms with van der Waals surface area (Å²) in [5.74, 6) is -1.75. The number of hydrogen-bond donors (Lipinski definition) is 2. The third-order valence-corrected chi connectivity index (χ3v) is 3.70. The van der Waals surface area contributed by atoms with Crippen LogP contribution in [0.2, 0.25) is 0 Å². The van der Waals surface area contributed by atoms with Crippen LogP contribution in [0.25, 0.3) is 0 Å². The number of aromatic nitrogens is 1. The lowest BCUT2D eigenvalue weighted by Gasteiger charge is -2.15. The minimum absolute atomic E-state index is 0.0418. The van der Waals surface area contributed by atoms with Gasteiger partial charge in [-0.15, -0.1) is 0 Å². The van der Waals surface area contributed by atoms with E-state index in [4.69, 9.17) is 4.74 Å². The molecule has 1 heterocycles. The standard InChI is InChI=1S/C21H19F2N3O2/c1-13(2)28-20-6-4-3-5-18(20)26-21(27)19-12-15(9-10-24-19)25-14-7-8-16(22)17(23)11-14/h3-13H,1-2H3,(H,24,25)(H,26,27). The maximum absolute atomic E-state index is 13.4. The molecule has 2 aromatic carbocycles. The van der Waals surface area contributed by atoms with Crippen molar-refractivity contribution in [2.75, 3.05) is 10.6 Å². The summed E-state index contributed by atoms with van der Waals surface area (Å²) in [5.41, 5.74) is 1.55. The van der Waals surface area contributed by atoms with E-state index < -0.39 is 17.5 Å². The number of benzene rings is 2. The Bertz CT molecular complexity index is 993. The quantitative estimate of drug-likeness (QED) is 0.618. The number of halogens is 2. The van der Waals surface area contributed by atoms with Gasteiger partial charge in [0.1, 0.15) is 11.4 Å². The molecule has 0 fully saturated rings. The Labute approximate surface area is 161 Å². The van der Waals surface area contributed by atoms with Crippen molar-refractivity contribution >= 4 is 23.0 Å². The molecule has 0 atom stereocenters. The number of nitrogens with one attached hydrogen (secondary N) is 2. The predicted molar refractivity (Wildman–Crippen MR) is 104 cm³/mol. The Kier molecular flexibility index (Phi) is 5.84. The maximum Gasteiger partial charge on any atom is 0.274 e. The van der Waals surface area contributed by atoms with Gasteiger partial charge in [-0.25, -0.2) is 8.78 Å². The highest BCUT2D eigenvalue weighted by Crippen LogP contribution is 2.26. The zero-order chi connectivity index (χ0) is 20.1. The number of carbonyl (C=O) groups is 1. The van der Waals surface area contributed by atoms with Crippen LogP contribution in [0.4, 0.5) is 25.8 Å². The number of amides is 1. The second-order valence-corrected chi connectivity index (χ2v) is 6.30. The van der Waals surface area contributed by atoms with Crippen molar-refractivity contribution < 1.29 is 18.3 Å². The van der Waals surface area contributed by atoms with E-state index in [0.717, 1.165) is 12.1 Å². The van der Waals surface area contributed by atoms with Crippen LogP contribution >= 0.6 is 0 Å². The van der Waals surface area contributed by atoms with Gasteiger partial charge in [-0.1, -0.05) is 12.1 Å². The van der Waals surface area contributed by atoms with Crippen molar-refractivity contribution in [3.8, 4) is 5.75 Å². The number of nitrogens with zero attached hydrogens (tertiary/aromatic N) is 1. The van der Waals surface area contributed by atoms with E-state index in [1.54, 1.807) is 24.3 Å². The summed E-state index contributed by atoms with van der Waals surface area (Å²) in [4.78, 5) is 16.7. The van der Waals surface area contributed by atoms with Crippen molar-refractivity contribution in [3.05, 3.63) is 78.1 Å². The Morgan fingerprint density at radius 3 is 2.50 bits per heavy atom. The number of para-hydroxylation sites is 2. The Hall–Kier alpha value is -3.48. The molecule has 0 bridgehead atoms. The zero-order valence-corrected chi connectivity index (χ0v) is 15.4. The molecule has 3 aromatic rings. The highest BCUT2D eigenvalue weighted by molar-refractivity contribution is 6.04. The average molecular weight is 383 g/mol. The molecule has 0 aliphatic heterocycles. The van der Waals surface area contributed by atoms with Gasteiger partial charge in [0.2, 0.25) is 0 Å². The number of rotatable bonds is 6. The van der Waals surface area contributed by atoms with Crippen LogP contribution in [0.5, 0.6) is 5.75 Å². The van der Waals surface area contributed by atoms with E-state index in [2.05, 4.69) is 15.6 Å². The van der Waals surface area contributed by atoms with Crippen molar-refractivity contribution in [3.63, 3.8) is 0 Å². The molecule has 0 saturated carbocycles. The molecule has 0 unspecified atom stereocenters. The van der Waals surface area contributed by atoms with Crippen LogP contribution in [0.15, 0.2) is 60.8 Å². The summed E-state index contributed by atoms with van der Waals surface area (Å²) < 4.78 is 32.1. The summed E-state index contributed by atoms with van der Waals surface area (Å²) in [7, 11) is 0.